The van der Waals surface area contributed by atoms with E-state index < -0.39 is 10.0 Å². The van der Waals surface area contributed by atoms with Gasteiger partial charge in [-0.25, -0.2) is 8.42 Å². The fourth-order valence-corrected chi connectivity index (χ4v) is 5.32. The van der Waals surface area contributed by atoms with E-state index in [-0.39, 0.29) is 6.04 Å². The number of sulfonamides is 1. The number of nitrogens with zero attached hydrogens (tertiary/aromatic N) is 1. The molecular formula is C15H14BrNO2S. The van der Waals surface area contributed by atoms with E-state index in [4.69, 9.17) is 0 Å². The van der Waals surface area contributed by atoms with Gasteiger partial charge in [0.1, 0.15) is 4.90 Å². The van der Waals surface area contributed by atoms with Gasteiger partial charge in [-0.1, -0.05) is 30.3 Å². The average Bonchev–Trinajstić information content (AvgIpc) is 2.75. The minimum Gasteiger partial charge on any atom is -0.263 e. The van der Waals surface area contributed by atoms with Crippen LogP contribution in [-0.2, 0) is 16.4 Å². The molecule has 20 heavy (non-hydrogen) atoms. The second-order valence-electron chi connectivity index (χ2n) is 4.91. The summed E-state index contributed by atoms with van der Waals surface area (Å²) in [6, 6.07) is 14.5. The summed E-state index contributed by atoms with van der Waals surface area (Å²) in [6.07, 6.45) is 0.750. The monoisotopic (exact) mass is 351 g/mol. The number of fused-ring (bicyclic) bond motifs is 1. The summed E-state index contributed by atoms with van der Waals surface area (Å²) in [5.74, 6) is 0. The third-order valence-corrected chi connectivity index (χ3v) is 6.46. The highest BCUT2D eigenvalue weighted by molar-refractivity contribution is 9.10. The van der Waals surface area contributed by atoms with E-state index in [0.717, 1.165) is 17.7 Å². The van der Waals surface area contributed by atoms with Gasteiger partial charge in [-0.3, -0.25) is 4.31 Å². The lowest BCUT2D eigenvalue weighted by atomic mass is 10.1. The lowest BCUT2D eigenvalue weighted by Gasteiger charge is -2.25. The minimum absolute atomic E-state index is 0.0653. The maximum absolute atomic E-state index is 12.9. The van der Waals surface area contributed by atoms with Gasteiger partial charge in [0, 0.05) is 10.5 Å². The number of benzene rings is 2. The number of hydrogen-bond donors (Lipinski definition) is 0. The standard InChI is InChI=1S/C15H14BrNO2S/c1-11-10-12-6-2-4-8-14(12)17(11)20(18,19)15-9-5-3-7-13(15)16/h2-9,11H,10H2,1H3/t11-/m1/s1. The van der Waals surface area contributed by atoms with Crippen molar-refractivity contribution >= 4 is 31.6 Å². The van der Waals surface area contributed by atoms with Gasteiger partial charge in [0.15, 0.2) is 0 Å². The molecule has 3 rings (SSSR count). The molecule has 104 valence electrons. The maximum Gasteiger partial charge on any atom is 0.265 e. The van der Waals surface area contributed by atoms with E-state index in [0.29, 0.717) is 9.37 Å². The van der Waals surface area contributed by atoms with Gasteiger partial charge in [-0.05, 0) is 53.0 Å². The van der Waals surface area contributed by atoms with Crippen LogP contribution < -0.4 is 4.31 Å². The summed E-state index contributed by atoms with van der Waals surface area (Å²) in [4.78, 5) is 0.309. The van der Waals surface area contributed by atoms with Crippen LogP contribution >= 0.6 is 15.9 Å². The van der Waals surface area contributed by atoms with Gasteiger partial charge in [-0.2, -0.15) is 0 Å². The van der Waals surface area contributed by atoms with Crippen molar-refractivity contribution in [3.05, 3.63) is 58.6 Å². The van der Waals surface area contributed by atoms with Crippen LogP contribution in [0.5, 0.6) is 0 Å². The van der Waals surface area contributed by atoms with Crippen molar-refractivity contribution in [1.29, 1.82) is 0 Å². The fourth-order valence-electron chi connectivity index (χ4n) is 2.66. The van der Waals surface area contributed by atoms with Crippen LogP contribution in [0.25, 0.3) is 0 Å². The molecule has 1 aliphatic heterocycles. The predicted molar refractivity (Wildman–Crippen MR) is 83.4 cm³/mol. The highest BCUT2D eigenvalue weighted by Crippen LogP contribution is 2.37. The predicted octanol–water partition coefficient (Wildman–Crippen LogP) is 3.59. The van der Waals surface area contributed by atoms with Gasteiger partial charge in [0.05, 0.1) is 5.69 Å². The van der Waals surface area contributed by atoms with E-state index in [1.54, 1.807) is 18.2 Å². The molecule has 0 radical (unpaired) electrons. The Kier molecular flexibility index (Phi) is 3.34. The van der Waals surface area contributed by atoms with Gasteiger partial charge >= 0.3 is 0 Å². The molecule has 1 aliphatic rings. The minimum atomic E-state index is -3.55. The summed E-state index contributed by atoms with van der Waals surface area (Å²) < 4.78 is 28.0. The first kappa shape index (κ1) is 13.6. The second kappa shape index (κ2) is 4.90. The molecule has 0 N–H and O–H groups in total. The van der Waals surface area contributed by atoms with Crippen molar-refractivity contribution in [2.24, 2.45) is 0 Å². The van der Waals surface area contributed by atoms with Crippen LogP contribution in [0.15, 0.2) is 57.9 Å². The molecule has 2 aromatic carbocycles. The lowest BCUT2D eigenvalue weighted by Crippen LogP contribution is -2.35. The highest BCUT2D eigenvalue weighted by atomic mass is 79.9. The van der Waals surface area contributed by atoms with Crippen LogP contribution in [0.4, 0.5) is 5.69 Å². The molecule has 1 atom stereocenters. The normalized spacial score (nSPS) is 18.1. The Morgan fingerprint density at radius 3 is 2.50 bits per heavy atom. The third kappa shape index (κ3) is 2.05. The molecule has 2 aromatic rings. The molecular weight excluding hydrogens is 338 g/mol. The zero-order valence-corrected chi connectivity index (χ0v) is 13.4. The Labute approximate surface area is 127 Å². The van der Waals surface area contributed by atoms with Crippen LogP contribution in [-0.4, -0.2) is 14.5 Å². The van der Waals surface area contributed by atoms with Crippen molar-refractivity contribution in [2.45, 2.75) is 24.3 Å². The molecule has 0 bridgehead atoms. The fraction of sp³-hybridized carbons (Fsp3) is 0.200. The molecule has 0 unspecified atom stereocenters. The van der Waals surface area contributed by atoms with E-state index in [2.05, 4.69) is 15.9 Å². The second-order valence-corrected chi connectivity index (χ2v) is 7.55. The summed E-state index contributed by atoms with van der Waals surface area (Å²) in [5, 5.41) is 0. The van der Waals surface area contributed by atoms with Gasteiger partial charge in [0.2, 0.25) is 0 Å². The number of anilines is 1. The van der Waals surface area contributed by atoms with Crippen molar-refractivity contribution in [2.75, 3.05) is 4.31 Å². The van der Waals surface area contributed by atoms with Crippen LogP contribution in [0.1, 0.15) is 12.5 Å². The van der Waals surface area contributed by atoms with Gasteiger partial charge < -0.3 is 0 Å². The largest absolute Gasteiger partial charge is 0.265 e. The summed E-state index contributed by atoms with van der Waals surface area (Å²) in [6.45, 7) is 1.94. The van der Waals surface area contributed by atoms with Crippen LogP contribution in [0.3, 0.4) is 0 Å². The topological polar surface area (TPSA) is 37.4 Å². The first-order valence-electron chi connectivity index (χ1n) is 6.38. The average molecular weight is 352 g/mol. The van der Waals surface area contributed by atoms with Gasteiger partial charge in [-0.15, -0.1) is 0 Å². The van der Waals surface area contributed by atoms with E-state index in [1.807, 2.05) is 37.3 Å². The van der Waals surface area contributed by atoms with Crippen molar-refractivity contribution in [3.63, 3.8) is 0 Å². The first-order chi connectivity index (χ1) is 9.51. The number of halogens is 1. The first-order valence-corrected chi connectivity index (χ1v) is 8.62. The molecule has 0 aliphatic carbocycles. The van der Waals surface area contributed by atoms with Crippen molar-refractivity contribution < 1.29 is 8.42 Å². The molecule has 0 saturated carbocycles. The Hall–Kier alpha value is -1.33. The highest BCUT2D eigenvalue weighted by Gasteiger charge is 2.36. The molecule has 0 fully saturated rings. The molecule has 0 spiro atoms. The number of rotatable bonds is 2. The zero-order chi connectivity index (χ0) is 14.3. The van der Waals surface area contributed by atoms with E-state index >= 15 is 0 Å². The van der Waals surface area contributed by atoms with Crippen molar-refractivity contribution in [3.8, 4) is 0 Å². The Balaban J connectivity index is 2.16. The Morgan fingerprint density at radius 1 is 1.10 bits per heavy atom. The lowest BCUT2D eigenvalue weighted by molar-refractivity contribution is 0.583. The van der Waals surface area contributed by atoms with Gasteiger partial charge in [0.25, 0.3) is 10.0 Å². The van der Waals surface area contributed by atoms with E-state index in [1.165, 1.54) is 4.31 Å². The molecule has 5 heteroatoms. The Morgan fingerprint density at radius 2 is 1.75 bits per heavy atom. The van der Waals surface area contributed by atoms with Crippen molar-refractivity contribution in [1.82, 2.24) is 0 Å². The number of hydrogen-bond acceptors (Lipinski definition) is 2. The summed E-state index contributed by atoms with van der Waals surface area (Å²) >= 11 is 3.33. The molecule has 0 aromatic heterocycles. The third-order valence-electron chi connectivity index (χ3n) is 3.52. The SMILES string of the molecule is C[C@@H]1Cc2ccccc2N1S(=O)(=O)c1ccccc1Br. The maximum atomic E-state index is 12.9. The van der Waals surface area contributed by atoms with E-state index in [9.17, 15) is 8.42 Å². The van der Waals surface area contributed by atoms with Crippen LogP contribution in [0.2, 0.25) is 0 Å². The summed E-state index contributed by atoms with van der Waals surface area (Å²) in [7, 11) is -3.55. The van der Waals surface area contributed by atoms with Crippen LogP contribution in [0, 0.1) is 0 Å². The quantitative estimate of drug-likeness (QED) is 0.828. The Bertz CT molecular complexity index is 758. The molecule has 3 nitrogen and oxygen atoms in total. The molecule has 1 heterocycles. The summed E-state index contributed by atoms with van der Waals surface area (Å²) in [5.41, 5.74) is 1.87. The molecule has 0 amide bonds. The molecule has 0 saturated heterocycles. The zero-order valence-electron chi connectivity index (χ0n) is 11.0. The smallest absolute Gasteiger partial charge is 0.263 e. The number of para-hydroxylation sites is 1.